The topological polar surface area (TPSA) is 70.7 Å². The first-order valence-corrected chi connectivity index (χ1v) is 5.92. The number of amides is 2. The largest absolute Gasteiger partial charge is 0.418 e. The second-order valence-electron chi connectivity index (χ2n) is 3.98. The van der Waals surface area contributed by atoms with E-state index < -0.39 is 23.5 Å². The number of aliphatic imine (C=N–C) groups is 1. The number of hydrogen-bond donors (Lipinski definition) is 2. The van der Waals surface area contributed by atoms with Gasteiger partial charge in [-0.3, -0.25) is 9.89 Å². The number of guanidine groups is 1. The maximum absolute atomic E-state index is 12.9. The third-order valence-corrected chi connectivity index (χ3v) is 2.99. The fraction of sp³-hybridized carbons (Fsp3) is 0.273. The Morgan fingerprint density at radius 1 is 1.45 bits per heavy atom. The molecule has 0 bridgehead atoms. The summed E-state index contributed by atoms with van der Waals surface area (Å²) in [5.41, 5.74) is 3.94. The summed E-state index contributed by atoms with van der Waals surface area (Å²) >= 11 is 5.73. The molecule has 0 aromatic heterocycles. The normalized spacial score (nSPS) is 15.2. The fourth-order valence-corrected chi connectivity index (χ4v) is 1.95. The summed E-state index contributed by atoms with van der Waals surface area (Å²) in [6.07, 6.45) is -4.63. The molecule has 20 heavy (non-hydrogen) atoms. The molecule has 0 saturated heterocycles. The van der Waals surface area contributed by atoms with Gasteiger partial charge in [-0.1, -0.05) is 17.7 Å². The van der Waals surface area contributed by atoms with Crippen LogP contribution in [-0.2, 0) is 6.18 Å². The average Bonchev–Trinajstić information content (AvgIpc) is 2.76. The van der Waals surface area contributed by atoms with E-state index in [-0.39, 0.29) is 17.5 Å². The molecule has 3 N–H and O–H groups in total. The second-order valence-corrected chi connectivity index (χ2v) is 4.39. The number of hydrogen-bond acceptors (Lipinski definition) is 3. The van der Waals surface area contributed by atoms with Gasteiger partial charge in [-0.05, 0) is 12.1 Å². The molecule has 0 atom stereocenters. The maximum atomic E-state index is 12.9. The van der Waals surface area contributed by atoms with E-state index >= 15 is 0 Å². The molecule has 0 fully saturated rings. The number of alkyl halides is 3. The van der Waals surface area contributed by atoms with E-state index in [1.807, 2.05) is 0 Å². The Morgan fingerprint density at radius 3 is 2.70 bits per heavy atom. The molecule has 0 aliphatic carbocycles. The monoisotopic (exact) mass is 306 g/mol. The Bertz CT molecular complexity index is 573. The van der Waals surface area contributed by atoms with Crippen LogP contribution < -0.4 is 11.1 Å². The van der Waals surface area contributed by atoms with E-state index in [2.05, 4.69) is 10.3 Å². The molecule has 2 rings (SSSR count). The Labute approximate surface area is 117 Å². The summed E-state index contributed by atoms with van der Waals surface area (Å²) in [6.45, 7) is 0.525. The maximum Gasteiger partial charge on any atom is 0.418 e. The Balaban J connectivity index is 2.30. The molecule has 0 spiro atoms. The van der Waals surface area contributed by atoms with E-state index in [1.165, 1.54) is 6.07 Å². The van der Waals surface area contributed by atoms with Crippen molar-refractivity contribution in [3.63, 3.8) is 0 Å². The number of rotatable bonds is 1. The van der Waals surface area contributed by atoms with Gasteiger partial charge in [-0.2, -0.15) is 13.2 Å². The van der Waals surface area contributed by atoms with Crippen molar-refractivity contribution in [3.8, 4) is 0 Å². The molecule has 5 nitrogen and oxygen atoms in total. The van der Waals surface area contributed by atoms with Gasteiger partial charge >= 0.3 is 12.2 Å². The number of halogens is 4. The zero-order valence-corrected chi connectivity index (χ0v) is 10.8. The van der Waals surface area contributed by atoms with E-state index in [9.17, 15) is 18.0 Å². The predicted octanol–water partition coefficient (Wildman–Crippen LogP) is 2.52. The highest BCUT2D eigenvalue weighted by molar-refractivity contribution is 6.34. The van der Waals surface area contributed by atoms with E-state index in [0.29, 0.717) is 6.54 Å². The van der Waals surface area contributed by atoms with Crippen molar-refractivity contribution in [1.82, 2.24) is 4.90 Å². The van der Waals surface area contributed by atoms with Gasteiger partial charge in [-0.25, -0.2) is 4.79 Å². The molecule has 0 saturated carbocycles. The van der Waals surface area contributed by atoms with E-state index in [1.54, 1.807) is 0 Å². The van der Waals surface area contributed by atoms with Gasteiger partial charge in [0.1, 0.15) is 0 Å². The molecule has 1 aromatic rings. The van der Waals surface area contributed by atoms with Crippen LogP contribution in [0.1, 0.15) is 5.56 Å². The highest BCUT2D eigenvalue weighted by atomic mass is 35.5. The van der Waals surface area contributed by atoms with Crippen molar-refractivity contribution >= 4 is 29.3 Å². The lowest BCUT2D eigenvalue weighted by Crippen LogP contribution is -2.42. The first kappa shape index (κ1) is 14.4. The molecular weight excluding hydrogens is 297 g/mol. The van der Waals surface area contributed by atoms with E-state index in [0.717, 1.165) is 17.0 Å². The molecule has 1 heterocycles. The zero-order valence-electron chi connectivity index (χ0n) is 10.0. The van der Waals surface area contributed by atoms with Crippen LogP contribution in [0.25, 0.3) is 0 Å². The fourth-order valence-electron chi connectivity index (χ4n) is 1.73. The van der Waals surface area contributed by atoms with Crippen molar-refractivity contribution in [2.45, 2.75) is 6.18 Å². The van der Waals surface area contributed by atoms with Crippen LogP contribution in [0.3, 0.4) is 0 Å². The van der Waals surface area contributed by atoms with Crippen LogP contribution in [0, 0.1) is 0 Å². The summed E-state index contributed by atoms with van der Waals surface area (Å²) in [7, 11) is 0. The lowest BCUT2D eigenvalue weighted by Gasteiger charge is -2.19. The van der Waals surface area contributed by atoms with Crippen LogP contribution in [0.5, 0.6) is 0 Å². The van der Waals surface area contributed by atoms with Crippen LogP contribution >= 0.6 is 11.6 Å². The smallest absolute Gasteiger partial charge is 0.369 e. The van der Waals surface area contributed by atoms with Gasteiger partial charge < -0.3 is 11.1 Å². The standard InChI is InChI=1S/C11H10ClF3N4O/c12-7-3-1-2-6(11(13,14)15)8(7)18-10(20)19-5-4-17-9(19)16/h1-3H,4-5H2,(H2,16,17)(H,18,20). The zero-order chi connectivity index (χ0) is 14.9. The molecule has 9 heteroatoms. The highest BCUT2D eigenvalue weighted by Gasteiger charge is 2.35. The van der Waals surface area contributed by atoms with Crippen molar-refractivity contribution in [1.29, 1.82) is 0 Å². The number of nitrogens with zero attached hydrogens (tertiary/aromatic N) is 2. The number of nitrogens with two attached hydrogens (primary N) is 1. The average molecular weight is 307 g/mol. The van der Waals surface area contributed by atoms with Crippen molar-refractivity contribution in [2.75, 3.05) is 18.4 Å². The van der Waals surface area contributed by atoms with Gasteiger partial charge in [0, 0.05) is 0 Å². The Kier molecular flexibility index (Phi) is 3.76. The Morgan fingerprint density at radius 2 is 2.15 bits per heavy atom. The molecule has 0 unspecified atom stereocenters. The van der Waals surface area contributed by atoms with Crippen LogP contribution in [0.4, 0.5) is 23.7 Å². The minimum absolute atomic E-state index is 0.0388. The highest BCUT2D eigenvalue weighted by Crippen LogP contribution is 2.38. The first-order valence-electron chi connectivity index (χ1n) is 5.55. The number of nitrogens with one attached hydrogen (secondary N) is 1. The molecule has 2 amide bonds. The Hall–Kier alpha value is -1.96. The molecule has 1 aliphatic rings. The molecule has 0 radical (unpaired) electrons. The molecule has 1 aliphatic heterocycles. The summed E-state index contributed by atoms with van der Waals surface area (Å²) in [5, 5.41) is 1.93. The number of para-hydroxylation sites is 1. The molecule has 108 valence electrons. The van der Waals surface area contributed by atoms with Gasteiger partial charge in [-0.15, -0.1) is 0 Å². The van der Waals surface area contributed by atoms with Gasteiger partial charge in [0.05, 0.1) is 29.4 Å². The summed E-state index contributed by atoms with van der Waals surface area (Å²) < 4.78 is 38.6. The van der Waals surface area contributed by atoms with Crippen molar-refractivity contribution in [2.24, 2.45) is 10.7 Å². The molecule has 1 aromatic carbocycles. The van der Waals surface area contributed by atoms with Gasteiger partial charge in [0.15, 0.2) is 5.96 Å². The minimum Gasteiger partial charge on any atom is -0.369 e. The first-order chi connectivity index (χ1) is 9.30. The summed E-state index contributed by atoms with van der Waals surface area (Å²) in [6, 6.07) is 2.45. The third-order valence-electron chi connectivity index (χ3n) is 2.67. The van der Waals surface area contributed by atoms with Gasteiger partial charge in [0.2, 0.25) is 0 Å². The van der Waals surface area contributed by atoms with Crippen molar-refractivity contribution < 1.29 is 18.0 Å². The van der Waals surface area contributed by atoms with Crippen LogP contribution in [-0.4, -0.2) is 30.0 Å². The van der Waals surface area contributed by atoms with E-state index in [4.69, 9.17) is 17.3 Å². The molecular formula is C11H10ClF3N4O. The van der Waals surface area contributed by atoms with Crippen LogP contribution in [0.15, 0.2) is 23.2 Å². The summed E-state index contributed by atoms with van der Waals surface area (Å²) in [5.74, 6) is -0.0388. The number of carbonyl (C=O) groups excluding carboxylic acids is 1. The van der Waals surface area contributed by atoms with Crippen LogP contribution in [0.2, 0.25) is 5.02 Å². The number of benzene rings is 1. The minimum atomic E-state index is -4.63. The quantitative estimate of drug-likeness (QED) is 0.837. The SMILES string of the molecule is NC1=NCCN1C(=O)Nc1c(Cl)cccc1C(F)(F)F. The second kappa shape index (κ2) is 5.20. The number of carbonyl (C=O) groups is 1. The van der Waals surface area contributed by atoms with Crippen molar-refractivity contribution in [3.05, 3.63) is 28.8 Å². The third kappa shape index (κ3) is 2.79. The lowest BCUT2D eigenvalue weighted by molar-refractivity contribution is -0.136. The number of anilines is 1. The number of urea groups is 1. The predicted molar refractivity (Wildman–Crippen MR) is 68.7 cm³/mol. The van der Waals surface area contributed by atoms with Gasteiger partial charge in [0.25, 0.3) is 0 Å². The summed E-state index contributed by atoms with van der Waals surface area (Å²) in [4.78, 5) is 16.7. The lowest BCUT2D eigenvalue weighted by atomic mass is 10.1.